The van der Waals surface area contributed by atoms with E-state index >= 15 is 0 Å². The van der Waals surface area contributed by atoms with Crippen molar-refractivity contribution in [2.45, 2.75) is 52.9 Å². The van der Waals surface area contributed by atoms with E-state index in [2.05, 4.69) is 26.1 Å². The molecule has 1 aliphatic rings. The highest BCUT2D eigenvalue weighted by molar-refractivity contribution is 5.79. The van der Waals surface area contributed by atoms with Crippen molar-refractivity contribution in [3.63, 3.8) is 0 Å². The zero-order valence-corrected chi connectivity index (χ0v) is 9.73. The molecule has 1 amide bonds. The topological polar surface area (TPSA) is 29.1 Å². The van der Waals surface area contributed by atoms with Gasteiger partial charge in [0.25, 0.3) is 0 Å². The van der Waals surface area contributed by atoms with Crippen LogP contribution in [0, 0.1) is 11.3 Å². The average molecular weight is 197 g/mol. The number of hydrogen-bond acceptors (Lipinski definition) is 1. The molecule has 1 rings (SSSR count). The summed E-state index contributed by atoms with van der Waals surface area (Å²) in [5.74, 6) is 0.620. The number of carbonyl (C=O) groups excluding carboxylic acids is 1. The van der Waals surface area contributed by atoms with Gasteiger partial charge in [0.05, 0.1) is 0 Å². The van der Waals surface area contributed by atoms with Crippen molar-refractivity contribution in [2.75, 3.05) is 6.54 Å². The molecule has 0 spiro atoms. The lowest BCUT2D eigenvalue weighted by molar-refractivity contribution is -0.127. The van der Waals surface area contributed by atoms with E-state index in [9.17, 15) is 4.79 Å². The van der Waals surface area contributed by atoms with Crippen molar-refractivity contribution in [2.24, 2.45) is 11.3 Å². The molecule has 2 heteroatoms. The summed E-state index contributed by atoms with van der Waals surface area (Å²) in [6.45, 7) is 7.56. The Hall–Kier alpha value is -0.530. The molecule has 1 fully saturated rings. The molecule has 0 atom stereocenters. The molecule has 1 saturated carbocycles. The first kappa shape index (κ1) is 11.5. The maximum atomic E-state index is 11.4. The summed E-state index contributed by atoms with van der Waals surface area (Å²) in [4.78, 5) is 11.4. The first-order valence-electron chi connectivity index (χ1n) is 5.77. The highest BCUT2D eigenvalue weighted by atomic mass is 16.1. The lowest BCUT2D eigenvalue weighted by Gasteiger charge is -2.24. The van der Waals surface area contributed by atoms with E-state index in [1.807, 2.05) is 0 Å². The normalized spacial score (nSPS) is 17.6. The molecule has 2 nitrogen and oxygen atoms in total. The minimum absolute atomic E-state index is 0.283. The molecule has 0 aromatic heterocycles. The van der Waals surface area contributed by atoms with Crippen molar-refractivity contribution in [3.05, 3.63) is 0 Å². The first-order chi connectivity index (χ1) is 6.49. The molecule has 1 aliphatic carbocycles. The van der Waals surface area contributed by atoms with Crippen LogP contribution < -0.4 is 5.32 Å². The summed E-state index contributed by atoms with van der Waals surface area (Å²) in [6, 6.07) is 0. The molecule has 0 radical (unpaired) electrons. The van der Waals surface area contributed by atoms with Crippen molar-refractivity contribution >= 4 is 5.91 Å². The molecule has 0 aromatic carbocycles. The van der Waals surface area contributed by atoms with Gasteiger partial charge in [-0.15, -0.1) is 0 Å². The Labute approximate surface area is 87.5 Å². The van der Waals surface area contributed by atoms with E-state index in [1.165, 1.54) is 12.8 Å². The van der Waals surface area contributed by atoms with Crippen LogP contribution in [0.4, 0.5) is 0 Å². The second-order valence-corrected chi connectivity index (χ2v) is 5.58. The van der Waals surface area contributed by atoms with Gasteiger partial charge < -0.3 is 5.32 Å². The smallest absolute Gasteiger partial charge is 0.223 e. The lowest BCUT2D eigenvalue weighted by Crippen LogP contribution is -2.35. The third-order valence-electron chi connectivity index (χ3n) is 2.88. The quantitative estimate of drug-likeness (QED) is 0.690. The summed E-state index contributed by atoms with van der Waals surface area (Å²) in [6.07, 6.45) is 5.72. The van der Waals surface area contributed by atoms with Crippen LogP contribution in [-0.2, 0) is 4.79 Å². The molecule has 0 heterocycles. The third-order valence-corrected chi connectivity index (χ3v) is 2.88. The molecule has 82 valence electrons. The second kappa shape index (κ2) is 4.81. The van der Waals surface area contributed by atoms with Gasteiger partial charge in [-0.1, -0.05) is 27.2 Å². The summed E-state index contributed by atoms with van der Waals surface area (Å²) < 4.78 is 0. The summed E-state index contributed by atoms with van der Waals surface area (Å²) in [5.41, 5.74) is 0.390. The van der Waals surface area contributed by atoms with Gasteiger partial charge in [0.1, 0.15) is 0 Å². The fourth-order valence-corrected chi connectivity index (χ4v) is 1.65. The van der Waals surface area contributed by atoms with Gasteiger partial charge in [-0.25, -0.2) is 0 Å². The Bertz CT molecular complexity index is 189. The minimum Gasteiger partial charge on any atom is -0.356 e. The molecular formula is C12H23NO. The van der Waals surface area contributed by atoms with Gasteiger partial charge in [-0.2, -0.15) is 0 Å². The molecule has 0 bridgehead atoms. The monoisotopic (exact) mass is 197 g/mol. The first-order valence-corrected chi connectivity index (χ1v) is 5.77. The number of hydrogen-bond donors (Lipinski definition) is 1. The Kier molecular flexibility index (Phi) is 3.97. The van der Waals surface area contributed by atoms with Gasteiger partial charge in [-0.3, -0.25) is 4.79 Å². The Morgan fingerprint density at radius 2 is 2.00 bits per heavy atom. The zero-order valence-electron chi connectivity index (χ0n) is 9.73. The van der Waals surface area contributed by atoms with Crippen molar-refractivity contribution < 1.29 is 4.79 Å². The molecule has 0 aromatic rings. The fourth-order valence-electron chi connectivity index (χ4n) is 1.65. The van der Waals surface area contributed by atoms with Gasteiger partial charge in [0, 0.05) is 12.5 Å². The Balaban J connectivity index is 2.00. The average Bonchev–Trinajstić information content (AvgIpc) is 1.92. The number of amides is 1. The highest BCUT2D eigenvalue weighted by Crippen LogP contribution is 2.26. The predicted molar refractivity (Wildman–Crippen MR) is 59.0 cm³/mol. The largest absolute Gasteiger partial charge is 0.356 e. The van der Waals surface area contributed by atoms with Crippen molar-refractivity contribution in [1.82, 2.24) is 5.32 Å². The molecule has 0 saturated heterocycles. The molecule has 1 N–H and O–H groups in total. The lowest BCUT2D eigenvalue weighted by atomic mass is 9.85. The van der Waals surface area contributed by atoms with Crippen LogP contribution in [0.1, 0.15) is 52.9 Å². The van der Waals surface area contributed by atoms with Gasteiger partial charge in [-0.05, 0) is 31.1 Å². The number of rotatable bonds is 4. The van der Waals surface area contributed by atoms with Crippen molar-refractivity contribution in [3.8, 4) is 0 Å². The van der Waals surface area contributed by atoms with Gasteiger partial charge in [0.2, 0.25) is 5.91 Å². The summed E-state index contributed by atoms with van der Waals surface area (Å²) >= 11 is 0. The maximum Gasteiger partial charge on any atom is 0.223 e. The Morgan fingerprint density at radius 3 is 2.43 bits per heavy atom. The number of nitrogens with one attached hydrogen (secondary N) is 1. The number of carbonyl (C=O) groups is 1. The standard InChI is InChI=1S/C12H23NO/c1-12(2,3)8-5-9-13-11(14)10-6-4-7-10/h10H,4-9H2,1-3H3,(H,13,14). The van der Waals surface area contributed by atoms with E-state index in [0.29, 0.717) is 11.3 Å². The molecule has 14 heavy (non-hydrogen) atoms. The molecular weight excluding hydrogens is 174 g/mol. The minimum atomic E-state index is 0.283. The fraction of sp³-hybridized carbons (Fsp3) is 0.917. The second-order valence-electron chi connectivity index (χ2n) is 5.58. The molecule has 0 aliphatic heterocycles. The van der Waals surface area contributed by atoms with Crippen LogP contribution in [0.3, 0.4) is 0 Å². The van der Waals surface area contributed by atoms with Crippen molar-refractivity contribution in [1.29, 1.82) is 0 Å². The van der Waals surface area contributed by atoms with Crippen LogP contribution in [-0.4, -0.2) is 12.5 Å². The van der Waals surface area contributed by atoms with Crippen LogP contribution >= 0.6 is 0 Å². The van der Waals surface area contributed by atoms with Crippen LogP contribution in [0.2, 0.25) is 0 Å². The molecule has 0 unspecified atom stereocenters. The van der Waals surface area contributed by atoms with Crippen LogP contribution in [0.15, 0.2) is 0 Å². The zero-order chi connectivity index (χ0) is 10.6. The SMILES string of the molecule is CC(C)(C)CCCNC(=O)C1CCC1. The summed E-state index contributed by atoms with van der Waals surface area (Å²) in [7, 11) is 0. The van der Waals surface area contributed by atoms with Crippen LogP contribution in [0.5, 0.6) is 0 Å². The van der Waals surface area contributed by atoms with Gasteiger partial charge >= 0.3 is 0 Å². The summed E-state index contributed by atoms with van der Waals surface area (Å²) in [5, 5.41) is 3.02. The maximum absolute atomic E-state index is 11.4. The van der Waals surface area contributed by atoms with Gasteiger partial charge in [0.15, 0.2) is 0 Å². The van der Waals surface area contributed by atoms with E-state index in [-0.39, 0.29) is 5.91 Å². The van der Waals surface area contributed by atoms with E-state index in [1.54, 1.807) is 0 Å². The predicted octanol–water partition coefficient (Wildman–Crippen LogP) is 2.73. The van der Waals surface area contributed by atoms with E-state index in [4.69, 9.17) is 0 Å². The van der Waals surface area contributed by atoms with E-state index < -0.39 is 0 Å². The van der Waals surface area contributed by atoms with Crippen LogP contribution in [0.25, 0.3) is 0 Å². The third kappa shape index (κ3) is 4.12. The highest BCUT2D eigenvalue weighted by Gasteiger charge is 2.24. The Morgan fingerprint density at radius 1 is 1.36 bits per heavy atom. The van der Waals surface area contributed by atoms with E-state index in [0.717, 1.165) is 25.8 Å².